The Hall–Kier alpha value is -1.06. The third kappa shape index (κ3) is 2.24. The van der Waals surface area contributed by atoms with Gasteiger partial charge in [0.1, 0.15) is 0 Å². The SMILES string of the molecule is CNC(=O)[C@H]1CC[C@H]2[C@@H]3CCC4N(C)C(=O)CC[C@]4(C)[C@H]3CC[C@]12C. The molecule has 0 radical (unpaired) electrons. The van der Waals surface area contributed by atoms with Gasteiger partial charge in [-0.1, -0.05) is 13.8 Å². The molecule has 25 heavy (non-hydrogen) atoms. The highest BCUT2D eigenvalue weighted by Crippen LogP contribution is 2.66. The van der Waals surface area contributed by atoms with Crippen molar-refractivity contribution in [3.05, 3.63) is 0 Å². The number of nitrogens with one attached hydrogen (secondary N) is 1. The smallest absolute Gasteiger partial charge is 0.223 e. The molecule has 1 unspecified atom stereocenters. The molecule has 3 aliphatic carbocycles. The average molecular weight is 347 g/mol. The van der Waals surface area contributed by atoms with Crippen LogP contribution in [0.1, 0.15) is 65.2 Å². The molecule has 1 heterocycles. The molecule has 4 aliphatic rings. The number of rotatable bonds is 1. The van der Waals surface area contributed by atoms with Gasteiger partial charge in [-0.15, -0.1) is 0 Å². The highest BCUT2D eigenvalue weighted by molar-refractivity contribution is 5.79. The lowest BCUT2D eigenvalue weighted by Gasteiger charge is -2.61. The molecule has 4 rings (SSSR count). The number of hydrogen-bond donors (Lipinski definition) is 1. The summed E-state index contributed by atoms with van der Waals surface area (Å²) in [7, 11) is 3.81. The van der Waals surface area contributed by atoms with Crippen LogP contribution in [0.25, 0.3) is 0 Å². The first-order valence-corrected chi connectivity index (χ1v) is 10.3. The van der Waals surface area contributed by atoms with Crippen molar-refractivity contribution < 1.29 is 9.59 Å². The Balaban J connectivity index is 1.62. The van der Waals surface area contributed by atoms with Crippen LogP contribution in [-0.4, -0.2) is 36.9 Å². The normalized spacial score (nSPS) is 49.2. The predicted octanol–water partition coefficient (Wildman–Crippen LogP) is 3.21. The fourth-order valence-corrected chi connectivity index (χ4v) is 7.76. The van der Waals surface area contributed by atoms with Crippen LogP contribution in [0.3, 0.4) is 0 Å². The van der Waals surface area contributed by atoms with Gasteiger partial charge in [-0.25, -0.2) is 0 Å². The minimum absolute atomic E-state index is 0.181. The molecule has 0 aromatic rings. The minimum atomic E-state index is 0.181. The minimum Gasteiger partial charge on any atom is -0.359 e. The maximum Gasteiger partial charge on any atom is 0.223 e. The van der Waals surface area contributed by atoms with Crippen molar-refractivity contribution in [3.8, 4) is 0 Å². The van der Waals surface area contributed by atoms with Crippen molar-refractivity contribution >= 4 is 11.8 Å². The summed E-state index contributed by atoms with van der Waals surface area (Å²) in [6.07, 6.45) is 8.85. The second-order valence-corrected chi connectivity index (χ2v) is 9.77. The molecule has 0 spiro atoms. The van der Waals surface area contributed by atoms with Crippen LogP contribution in [0.5, 0.6) is 0 Å². The molecule has 0 aromatic carbocycles. The van der Waals surface area contributed by atoms with Gasteiger partial charge in [0.2, 0.25) is 11.8 Å². The molecule has 4 nitrogen and oxygen atoms in total. The highest BCUT2D eigenvalue weighted by Gasteiger charge is 2.61. The van der Waals surface area contributed by atoms with Gasteiger partial charge in [-0.05, 0) is 73.5 Å². The number of carbonyl (C=O) groups is 2. The molecule has 4 heteroatoms. The van der Waals surface area contributed by atoms with Crippen molar-refractivity contribution in [2.45, 2.75) is 71.3 Å². The van der Waals surface area contributed by atoms with Crippen LogP contribution in [-0.2, 0) is 9.59 Å². The first kappa shape index (κ1) is 17.4. The standard InChI is InChI=1S/C21H34N2O2/c1-20-11-9-15-13(14(20)6-7-16(20)19(25)22-3)5-8-17-21(15,2)12-10-18(24)23(17)4/h13-17H,5-12H2,1-4H3,(H,22,25)/t13-,14-,15-,16+,17?,20-,21+/m0/s1. The van der Waals surface area contributed by atoms with Crippen LogP contribution in [0.2, 0.25) is 0 Å². The number of fused-ring (bicyclic) bond motifs is 5. The number of piperidine rings is 1. The van der Waals surface area contributed by atoms with Crippen molar-refractivity contribution in [3.63, 3.8) is 0 Å². The van der Waals surface area contributed by atoms with E-state index in [9.17, 15) is 9.59 Å². The summed E-state index contributed by atoms with van der Waals surface area (Å²) in [6.45, 7) is 4.86. The number of carbonyl (C=O) groups excluding carboxylic acids is 2. The Morgan fingerprint density at radius 1 is 1.04 bits per heavy atom. The van der Waals surface area contributed by atoms with E-state index in [1.165, 1.54) is 25.7 Å². The zero-order chi connectivity index (χ0) is 18.0. The zero-order valence-corrected chi connectivity index (χ0v) is 16.3. The topological polar surface area (TPSA) is 49.4 Å². The number of hydrogen-bond acceptors (Lipinski definition) is 2. The van der Waals surface area contributed by atoms with Gasteiger partial charge in [0.05, 0.1) is 0 Å². The van der Waals surface area contributed by atoms with E-state index in [2.05, 4.69) is 24.1 Å². The van der Waals surface area contributed by atoms with E-state index in [1.54, 1.807) is 7.05 Å². The lowest BCUT2D eigenvalue weighted by Crippen LogP contribution is -2.61. The lowest BCUT2D eigenvalue weighted by molar-refractivity contribution is -0.159. The summed E-state index contributed by atoms with van der Waals surface area (Å²) in [5.74, 6) is 2.95. The molecule has 2 amide bonds. The average Bonchev–Trinajstić information content (AvgIpc) is 2.95. The second kappa shape index (κ2) is 5.72. The van der Waals surface area contributed by atoms with E-state index in [-0.39, 0.29) is 22.7 Å². The Labute approximate surface area is 152 Å². The van der Waals surface area contributed by atoms with Crippen molar-refractivity contribution in [1.82, 2.24) is 10.2 Å². The van der Waals surface area contributed by atoms with Gasteiger partial charge in [0, 0.05) is 32.5 Å². The van der Waals surface area contributed by atoms with Crippen molar-refractivity contribution in [2.75, 3.05) is 14.1 Å². The van der Waals surface area contributed by atoms with E-state index < -0.39 is 0 Å². The Morgan fingerprint density at radius 3 is 2.48 bits per heavy atom. The van der Waals surface area contributed by atoms with E-state index in [1.807, 2.05) is 7.05 Å². The fourth-order valence-electron chi connectivity index (χ4n) is 7.76. The van der Waals surface area contributed by atoms with Gasteiger partial charge >= 0.3 is 0 Å². The fraction of sp³-hybridized carbons (Fsp3) is 0.905. The van der Waals surface area contributed by atoms with E-state index in [0.717, 1.165) is 37.5 Å². The molecule has 0 bridgehead atoms. The van der Waals surface area contributed by atoms with Crippen molar-refractivity contribution in [1.29, 1.82) is 0 Å². The lowest BCUT2D eigenvalue weighted by atomic mass is 9.47. The Morgan fingerprint density at radius 2 is 1.76 bits per heavy atom. The van der Waals surface area contributed by atoms with E-state index >= 15 is 0 Å². The summed E-state index contributed by atoms with van der Waals surface area (Å²) < 4.78 is 0. The Bertz CT molecular complexity index is 590. The molecule has 1 N–H and O–H groups in total. The van der Waals surface area contributed by atoms with Gasteiger partial charge in [0.25, 0.3) is 0 Å². The molecular weight excluding hydrogens is 312 g/mol. The number of amides is 2. The number of nitrogens with zero attached hydrogens (tertiary/aromatic N) is 1. The van der Waals surface area contributed by atoms with E-state index in [0.29, 0.717) is 17.9 Å². The van der Waals surface area contributed by atoms with Gasteiger partial charge in [0.15, 0.2) is 0 Å². The second-order valence-electron chi connectivity index (χ2n) is 9.77. The first-order valence-electron chi connectivity index (χ1n) is 10.3. The maximum absolute atomic E-state index is 12.4. The van der Waals surface area contributed by atoms with Crippen LogP contribution < -0.4 is 5.32 Å². The molecule has 0 aromatic heterocycles. The maximum atomic E-state index is 12.4. The Kier molecular flexibility index (Phi) is 3.97. The van der Waals surface area contributed by atoms with E-state index in [4.69, 9.17) is 0 Å². The van der Waals surface area contributed by atoms with Crippen LogP contribution in [0, 0.1) is 34.5 Å². The predicted molar refractivity (Wildman–Crippen MR) is 97.7 cm³/mol. The molecule has 4 fully saturated rings. The summed E-state index contributed by atoms with van der Waals surface area (Å²) in [5.41, 5.74) is 0.457. The first-order chi connectivity index (χ1) is 11.8. The molecule has 3 saturated carbocycles. The third-order valence-corrected chi connectivity index (χ3v) is 9.12. The summed E-state index contributed by atoms with van der Waals surface area (Å²) in [4.78, 5) is 26.7. The van der Waals surface area contributed by atoms with Gasteiger partial charge in [-0.3, -0.25) is 9.59 Å². The third-order valence-electron chi connectivity index (χ3n) is 9.12. The van der Waals surface area contributed by atoms with Crippen LogP contribution in [0.15, 0.2) is 0 Å². The van der Waals surface area contributed by atoms with Crippen LogP contribution >= 0.6 is 0 Å². The monoisotopic (exact) mass is 346 g/mol. The molecule has 1 saturated heterocycles. The summed E-state index contributed by atoms with van der Waals surface area (Å²) >= 11 is 0. The summed E-state index contributed by atoms with van der Waals surface area (Å²) in [5, 5.41) is 2.92. The zero-order valence-electron chi connectivity index (χ0n) is 16.3. The van der Waals surface area contributed by atoms with Gasteiger partial charge < -0.3 is 10.2 Å². The molecule has 7 atom stereocenters. The number of likely N-dealkylation sites (tertiary alicyclic amines) is 1. The molecule has 140 valence electrons. The largest absolute Gasteiger partial charge is 0.359 e. The molecule has 1 aliphatic heterocycles. The summed E-state index contributed by atoms with van der Waals surface area (Å²) in [6, 6.07) is 0.426. The quantitative estimate of drug-likeness (QED) is 0.792. The molecular formula is C21H34N2O2. The highest BCUT2D eigenvalue weighted by atomic mass is 16.2. The van der Waals surface area contributed by atoms with Crippen molar-refractivity contribution in [2.24, 2.45) is 34.5 Å². The van der Waals surface area contributed by atoms with Gasteiger partial charge in [-0.2, -0.15) is 0 Å². The van der Waals surface area contributed by atoms with Crippen LogP contribution in [0.4, 0.5) is 0 Å².